The summed E-state index contributed by atoms with van der Waals surface area (Å²) in [5, 5.41) is 11.0. The molecule has 1 heterocycles. The Balaban J connectivity index is 2.04. The van der Waals surface area contributed by atoms with Crippen molar-refractivity contribution in [2.24, 2.45) is 4.99 Å². The third-order valence-corrected chi connectivity index (χ3v) is 5.00. The molecular weight excluding hydrogens is 378 g/mol. The minimum atomic E-state index is -0.652. The lowest BCUT2D eigenvalue weighted by molar-refractivity contribution is -0.135. The van der Waals surface area contributed by atoms with Crippen molar-refractivity contribution in [1.29, 1.82) is 0 Å². The summed E-state index contributed by atoms with van der Waals surface area (Å²) in [5.74, 6) is 0.280. The van der Waals surface area contributed by atoms with Gasteiger partial charge in [-0.2, -0.15) is 0 Å². The van der Waals surface area contributed by atoms with Crippen molar-refractivity contribution in [3.05, 3.63) is 70.3 Å². The fourth-order valence-electron chi connectivity index (χ4n) is 2.60. The van der Waals surface area contributed by atoms with Gasteiger partial charge in [0.2, 0.25) is 0 Å². The van der Waals surface area contributed by atoms with Gasteiger partial charge in [0.1, 0.15) is 16.4 Å². The number of benzene rings is 2. The number of aliphatic imine (C=N–C) groups is 1. The Labute approximate surface area is 167 Å². The number of ether oxygens (including phenoxy) is 3. The van der Waals surface area contributed by atoms with Crippen molar-refractivity contribution in [2.75, 3.05) is 21.3 Å². The van der Waals surface area contributed by atoms with Crippen LogP contribution in [0.5, 0.6) is 11.5 Å². The second kappa shape index (κ2) is 8.67. The van der Waals surface area contributed by atoms with Crippen LogP contribution in [0.25, 0.3) is 6.08 Å². The van der Waals surface area contributed by atoms with Gasteiger partial charge in [0, 0.05) is 6.07 Å². The van der Waals surface area contributed by atoms with Crippen molar-refractivity contribution >= 4 is 34.5 Å². The Morgan fingerprint density at radius 1 is 1.04 bits per heavy atom. The maximum absolute atomic E-state index is 12.2. The lowest BCUT2D eigenvalue weighted by Gasteiger charge is -2.08. The lowest BCUT2D eigenvalue weighted by atomic mass is 10.1. The summed E-state index contributed by atoms with van der Waals surface area (Å²) < 4.78 is 15.3. The van der Waals surface area contributed by atoms with Crippen molar-refractivity contribution in [2.45, 2.75) is 0 Å². The Morgan fingerprint density at radius 3 is 2.39 bits per heavy atom. The van der Waals surface area contributed by atoms with Crippen LogP contribution in [-0.4, -0.2) is 37.4 Å². The van der Waals surface area contributed by atoms with Gasteiger partial charge in [-0.15, -0.1) is 0 Å². The van der Waals surface area contributed by atoms with E-state index in [-0.39, 0.29) is 11.3 Å². The first-order valence-electron chi connectivity index (χ1n) is 8.35. The number of esters is 1. The zero-order chi connectivity index (χ0) is 20.1. The van der Waals surface area contributed by atoms with Gasteiger partial charge >= 0.3 is 5.97 Å². The Hall–Kier alpha value is -3.19. The molecule has 0 atom stereocenters. The maximum atomic E-state index is 12.2. The van der Waals surface area contributed by atoms with Crippen molar-refractivity contribution < 1.29 is 24.1 Å². The summed E-state index contributed by atoms with van der Waals surface area (Å²) in [4.78, 5) is 17.3. The van der Waals surface area contributed by atoms with E-state index in [0.29, 0.717) is 27.1 Å². The monoisotopic (exact) mass is 397 g/mol. The molecular formula is C21H19NO5S. The molecule has 0 spiro atoms. The molecule has 0 saturated heterocycles. The molecule has 0 radical (unpaired) electrons. The number of nitrogens with zero attached hydrogens (tertiary/aromatic N) is 1. The molecule has 0 fully saturated rings. The van der Waals surface area contributed by atoms with Crippen LogP contribution in [0, 0.1) is 0 Å². The largest absolute Gasteiger partial charge is 0.506 e. The summed E-state index contributed by atoms with van der Waals surface area (Å²) >= 11 is 1.20. The summed E-state index contributed by atoms with van der Waals surface area (Å²) in [6.07, 6.45) is 1.79. The van der Waals surface area contributed by atoms with E-state index in [1.807, 2.05) is 30.3 Å². The molecule has 1 N–H and O–H groups in total. The molecule has 2 aromatic rings. The average Bonchev–Trinajstić information content (AvgIpc) is 3.02. The molecule has 7 heteroatoms. The van der Waals surface area contributed by atoms with E-state index in [9.17, 15) is 9.90 Å². The second-order valence-corrected chi connectivity index (χ2v) is 6.72. The van der Waals surface area contributed by atoms with Gasteiger partial charge in [0.25, 0.3) is 0 Å². The van der Waals surface area contributed by atoms with E-state index >= 15 is 0 Å². The standard InChI is InChI=1S/C21H19NO5S/c1-25-15-10-9-14(12-16(15)26-2)22-20-18(21(24)27-3)19(23)17(28-20)11-13-7-5-4-6-8-13/h4-12,23H,1-3H3/b17-11+,22-20?. The molecule has 1 aliphatic rings. The highest BCUT2D eigenvalue weighted by atomic mass is 32.2. The van der Waals surface area contributed by atoms with Gasteiger partial charge < -0.3 is 19.3 Å². The summed E-state index contributed by atoms with van der Waals surface area (Å²) in [6.45, 7) is 0. The van der Waals surface area contributed by atoms with Crippen LogP contribution in [0.2, 0.25) is 0 Å². The topological polar surface area (TPSA) is 77.4 Å². The number of methoxy groups -OCH3 is 3. The number of aliphatic hydroxyl groups is 1. The average molecular weight is 397 g/mol. The van der Waals surface area contributed by atoms with Crippen molar-refractivity contribution in [3.8, 4) is 11.5 Å². The van der Waals surface area contributed by atoms with Gasteiger partial charge in [-0.25, -0.2) is 9.79 Å². The van der Waals surface area contributed by atoms with E-state index in [0.717, 1.165) is 5.56 Å². The van der Waals surface area contributed by atoms with Gasteiger partial charge in [-0.1, -0.05) is 42.1 Å². The van der Waals surface area contributed by atoms with Crippen LogP contribution in [0.1, 0.15) is 5.56 Å². The number of thioether (sulfide) groups is 1. The Bertz CT molecular complexity index is 980. The third-order valence-electron chi connectivity index (χ3n) is 3.98. The quantitative estimate of drug-likeness (QED) is 0.748. The van der Waals surface area contributed by atoms with Gasteiger partial charge in [-0.3, -0.25) is 0 Å². The third kappa shape index (κ3) is 4.04. The second-order valence-electron chi connectivity index (χ2n) is 5.69. The normalized spacial score (nSPS) is 16.5. The molecule has 0 aromatic heterocycles. The predicted molar refractivity (Wildman–Crippen MR) is 110 cm³/mol. The molecule has 28 heavy (non-hydrogen) atoms. The van der Waals surface area contributed by atoms with Crippen LogP contribution in [0.4, 0.5) is 5.69 Å². The van der Waals surface area contributed by atoms with E-state index in [1.165, 1.54) is 26.0 Å². The molecule has 1 aliphatic heterocycles. The minimum Gasteiger partial charge on any atom is -0.506 e. The maximum Gasteiger partial charge on any atom is 0.344 e. The highest BCUT2D eigenvalue weighted by molar-refractivity contribution is 8.18. The number of hydrogen-bond acceptors (Lipinski definition) is 7. The van der Waals surface area contributed by atoms with E-state index in [2.05, 4.69) is 4.99 Å². The van der Waals surface area contributed by atoms with Gasteiger partial charge in [0.15, 0.2) is 11.5 Å². The fraction of sp³-hybridized carbons (Fsp3) is 0.143. The first kappa shape index (κ1) is 19.6. The first-order valence-corrected chi connectivity index (χ1v) is 9.16. The number of carbonyl (C=O) groups excluding carboxylic acids is 1. The highest BCUT2D eigenvalue weighted by Gasteiger charge is 2.33. The van der Waals surface area contributed by atoms with E-state index in [4.69, 9.17) is 14.2 Å². The summed E-state index contributed by atoms with van der Waals surface area (Å²) in [6, 6.07) is 14.7. The molecule has 144 valence electrons. The van der Waals surface area contributed by atoms with Crippen LogP contribution < -0.4 is 9.47 Å². The van der Waals surface area contributed by atoms with Crippen molar-refractivity contribution in [1.82, 2.24) is 0 Å². The van der Waals surface area contributed by atoms with E-state index in [1.54, 1.807) is 31.4 Å². The number of aliphatic hydroxyl groups excluding tert-OH is 1. The number of hydrogen-bond donors (Lipinski definition) is 1. The van der Waals surface area contributed by atoms with E-state index < -0.39 is 5.97 Å². The molecule has 3 rings (SSSR count). The first-order chi connectivity index (χ1) is 13.6. The zero-order valence-corrected chi connectivity index (χ0v) is 16.4. The predicted octanol–water partition coefficient (Wildman–Crippen LogP) is 4.51. The highest BCUT2D eigenvalue weighted by Crippen LogP contribution is 2.41. The molecule has 6 nitrogen and oxygen atoms in total. The molecule has 0 saturated carbocycles. The Kier molecular flexibility index (Phi) is 6.06. The minimum absolute atomic E-state index is 0.0319. The van der Waals surface area contributed by atoms with Crippen LogP contribution in [0.3, 0.4) is 0 Å². The number of carbonyl (C=O) groups is 1. The molecule has 0 bridgehead atoms. The fourth-order valence-corrected chi connectivity index (χ4v) is 3.64. The summed E-state index contributed by atoms with van der Waals surface area (Å²) in [5.41, 5.74) is 1.48. The molecule has 2 aromatic carbocycles. The van der Waals surface area contributed by atoms with Crippen molar-refractivity contribution in [3.63, 3.8) is 0 Å². The van der Waals surface area contributed by atoms with Crippen LogP contribution in [-0.2, 0) is 9.53 Å². The smallest absolute Gasteiger partial charge is 0.344 e. The van der Waals surface area contributed by atoms with Crippen LogP contribution in [0.15, 0.2) is 69.8 Å². The summed E-state index contributed by atoms with van der Waals surface area (Å²) in [7, 11) is 4.35. The molecule has 0 unspecified atom stereocenters. The zero-order valence-electron chi connectivity index (χ0n) is 15.6. The Morgan fingerprint density at radius 2 is 1.75 bits per heavy atom. The van der Waals surface area contributed by atoms with Crippen LogP contribution >= 0.6 is 11.8 Å². The van der Waals surface area contributed by atoms with Gasteiger partial charge in [0.05, 0.1) is 31.9 Å². The number of rotatable bonds is 5. The SMILES string of the molecule is COC(=O)C1=C(O)/C(=C\c2ccccc2)SC1=Nc1ccc(OC)c(OC)c1. The molecule has 0 aliphatic carbocycles. The lowest BCUT2D eigenvalue weighted by Crippen LogP contribution is -2.10. The van der Waals surface area contributed by atoms with Gasteiger partial charge in [-0.05, 0) is 23.8 Å². The molecule has 0 amide bonds.